The number of carbonyl (C=O) groups excluding carboxylic acids is 6. The van der Waals surface area contributed by atoms with Gasteiger partial charge in [-0.3, -0.25) is 19.2 Å². The highest BCUT2D eigenvalue weighted by Gasteiger charge is 2.53. The lowest BCUT2D eigenvalue weighted by atomic mass is 9.80. The highest BCUT2D eigenvalue weighted by molar-refractivity contribution is 6.39. The van der Waals surface area contributed by atoms with Crippen LogP contribution in [0.3, 0.4) is 0 Å². The van der Waals surface area contributed by atoms with E-state index in [4.69, 9.17) is 93.0 Å². The zero-order chi connectivity index (χ0) is 87.2. The van der Waals surface area contributed by atoms with Crippen molar-refractivity contribution >= 4 is 69.4 Å². The van der Waals surface area contributed by atoms with E-state index in [1.54, 1.807) is 51.8 Å². The van der Waals surface area contributed by atoms with Gasteiger partial charge in [0.1, 0.15) is 53.8 Å². The second-order valence-corrected chi connectivity index (χ2v) is 31.7. The van der Waals surface area contributed by atoms with Crippen LogP contribution in [0.25, 0.3) is 33.4 Å². The Morgan fingerprint density at radius 1 is 0.686 bits per heavy atom. The van der Waals surface area contributed by atoms with Crippen molar-refractivity contribution in [3.05, 3.63) is 72.1 Å². The highest BCUT2D eigenvalue weighted by atomic mass is 16.6. The summed E-state index contributed by atoms with van der Waals surface area (Å²) in [6.45, 7) is 17.7. The summed E-state index contributed by atoms with van der Waals surface area (Å²) < 4.78 is 88.3. The molecule has 1 aromatic carbocycles. The number of anilines is 2. The number of oxazole rings is 1. The summed E-state index contributed by atoms with van der Waals surface area (Å²) >= 11 is 0. The fourth-order valence-electron chi connectivity index (χ4n) is 15.6. The quantitative estimate of drug-likeness (QED) is 0.0100. The van der Waals surface area contributed by atoms with Gasteiger partial charge in [0.2, 0.25) is 11.7 Å². The van der Waals surface area contributed by atoms with E-state index in [0.29, 0.717) is 203 Å². The van der Waals surface area contributed by atoms with Crippen molar-refractivity contribution in [1.82, 2.24) is 40.3 Å². The van der Waals surface area contributed by atoms with E-state index in [-0.39, 0.29) is 75.7 Å². The molecule has 8 rings (SSSR count). The second-order valence-electron chi connectivity index (χ2n) is 31.7. The molecule has 2 saturated heterocycles. The number of unbranched alkanes of at least 4 members (excludes halogenated alkanes) is 1. The molecule has 35 nitrogen and oxygen atoms in total. The Morgan fingerprint density at radius 2 is 1.34 bits per heavy atom. The van der Waals surface area contributed by atoms with Crippen LogP contribution in [0.4, 0.5) is 16.6 Å². The Morgan fingerprint density at radius 3 is 1.99 bits per heavy atom. The Bertz CT molecular complexity index is 3970. The molecule has 1 saturated carbocycles. The number of fused-ring (bicyclic) bond motifs is 5. The van der Waals surface area contributed by atoms with Crippen LogP contribution in [0.15, 0.2) is 76.5 Å². The van der Waals surface area contributed by atoms with E-state index >= 15 is 0 Å². The van der Waals surface area contributed by atoms with Crippen LogP contribution >= 0.6 is 0 Å². The molecule has 676 valence electrons. The van der Waals surface area contributed by atoms with Gasteiger partial charge < -0.3 is 119 Å². The second kappa shape index (κ2) is 52.1. The predicted molar refractivity (Wildman–Crippen MR) is 448 cm³/mol. The van der Waals surface area contributed by atoms with E-state index < -0.39 is 114 Å². The predicted octanol–water partition coefficient (Wildman–Crippen LogP) is 6.63. The number of aryl methyl sites for hydroxylation is 1. The van der Waals surface area contributed by atoms with Crippen LogP contribution in [0.2, 0.25) is 0 Å². The standard InChI is InChI=1S/C86H133N11O24/c1-55-17-11-10-12-18-56(2)69(107-7)52-63-23-20-60(6)86(106,121-63)79(102)82(103)96-29-15-13-19-66(96)83(104)118-71(53-70(108-8)57(3)48-59(5)77(100)78(101)76(99)58(4)47-55)64(87)49-61-21-24-68(72(50-61)109-9)120-85(105)91-28-32-111-34-36-113-38-40-115-42-44-117-46-45-116-43-41-114-39-37-112-35-33-110-31-26-73(98)90-27-14-16-30-97-81-74(80(88)92-54-93-81)75(95-97)62-22-25-67-65(51-62)94-84(89)119-67/h10-12,17-18,22,25,48,51,54-55,57-58,60-61,63-64,66,68-72,77-78,100-101,106H,13-16,19-21,23-24,26-47,49-50,52-53,87H2,1-9H3,(H2,89,94)(H,90,98)(H,91,105)(H2,88,92,93)/b12-10?,17-11+,56-18?,59-48+/t55-,57-,58-,60-,61+,63+,64-,66+,68-,69+,70-,71+,72-,77-,78+,86-/m1/s1. The molecule has 3 fully saturated rings. The number of alkyl carbamates (subject to hydrolysis) is 1. The third-order valence-corrected chi connectivity index (χ3v) is 22.6. The van der Waals surface area contributed by atoms with Gasteiger partial charge in [-0.1, -0.05) is 64.2 Å². The Hall–Kier alpha value is -7.82. The van der Waals surface area contributed by atoms with Gasteiger partial charge in [0.25, 0.3) is 17.7 Å². The van der Waals surface area contributed by atoms with Crippen molar-refractivity contribution in [1.29, 1.82) is 0 Å². The first-order chi connectivity index (χ1) is 58.3. The number of nitrogens with one attached hydrogen (secondary N) is 2. The van der Waals surface area contributed by atoms with Gasteiger partial charge in [0.05, 0.1) is 136 Å². The van der Waals surface area contributed by atoms with Crippen molar-refractivity contribution < 1.29 is 115 Å². The number of aliphatic hydroxyl groups is 3. The van der Waals surface area contributed by atoms with Crippen molar-refractivity contribution in [3.8, 4) is 11.3 Å². The number of methoxy groups -OCH3 is 3. The average Bonchev–Trinajstić information content (AvgIpc) is 1.73. The number of amides is 3. The number of cyclic esters (lactones) is 1. The van der Waals surface area contributed by atoms with E-state index in [1.165, 1.54) is 18.3 Å². The van der Waals surface area contributed by atoms with Gasteiger partial charge in [0.15, 0.2) is 17.0 Å². The van der Waals surface area contributed by atoms with E-state index in [2.05, 4.69) is 25.6 Å². The van der Waals surface area contributed by atoms with E-state index in [9.17, 15) is 44.1 Å². The van der Waals surface area contributed by atoms with Crippen molar-refractivity contribution in [2.45, 2.75) is 211 Å². The number of hydrogen-bond donors (Lipinski definition) is 8. The molecule has 4 aliphatic rings. The number of aliphatic hydroxyl groups excluding tert-OH is 2. The lowest BCUT2D eigenvalue weighted by Gasteiger charge is -2.43. The van der Waals surface area contributed by atoms with E-state index in [0.717, 1.165) is 24.0 Å². The van der Waals surface area contributed by atoms with Gasteiger partial charge in [-0.25, -0.2) is 24.2 Å². The SMILES string of the molecule is CO[C@H]1C[C@@H]2CC[C@@H](C)[C@@](O)(O2)C(=O)C(=O)N2CCCC[C@H]2C(=O)O[C@H]([C@H](N)C[C@@H]2CC[C@@H](OC(=O)NCCOCCOCCOCCOCCOCCOCCOCCOCCC(=O)NCCCCn3nc(-c4ccc5oc(N)nc5c4)c4c(N)ncnc43)[C@H](OC)C2)C[C@@H](OC)[C@H](C)/C=C(\C)[C@@H](O)[C@@H](O)C(=O)[C@H](C)C[C@H](C)/C=C/C=CC=C1C. The van der Waals surface area contributed by atoms with Crippen LogP contribution in [0, 0.1) is 29.6 Å². The third-order valence-electron chi connectivity index (χ3n) is 22.6. The number of carbonyl (C=O) groups is 6. The summed E-state index contributed by atoms with van der Waals surface area (Å²) in [5, 5.41) is 46.0. The van der Waals surface area contributed by atoms with Crippen LogP contribution in [-0.2, 0) is 96.8 Å². The van der Waals surface area contributed by atoms with Crippen molar-refractivity contribution in [2.75, 3.05) is 158 Å². The van der Waals surface area contributed by atoms with Crippen LogP contribution in [0.1, 0.15) is 138 Å². The zero-order valence-corrected chi connectivity index (χ0v) is 72.0. The topological polar surface area (TPSA) is 467 Å². The maximum absolute atomic E-state index is 14.8. The number of ketones is 2. The number of nitrogen functional groups attached to an aromatic ring is 2. The monoisotopic (exact) mass is 1700 g/mol. The van der Waals surface area contributed by atoms with E-state index in [1.807, 2.05) is 63.3 Å². The Balaban J connectivity index is 0.655. The van der Waals surface area contributed by atoms with Gasteiger partial charge in [0, 0.05) is 96.1 Å². The fourth-order valence-corrected chi connectivity index (χ4v) is 15.6. The number of hydrogen-bond acceptors (Lipinski definition) is 31. The minimum atomic E-state index is -2.48. The first-order valence-corrected chi connectivity index (χ1v) is 42.7. The summed E-state index contributed by atoms with van der Waals surface area (Å²) in [7, 11) is 4.60. The minimum Gasteiger partial charge on any atom is -0.459 e. The fraction of sp³-hybridized carbons (Fsp3) is 0.698. The number of allylic oxidation sites excluding steroid dienone is 5. The molecule has 1 aliphatic carbocycles. The van der Waals surface area contributed by atoms with Gasteiger partial charge >= 0.3 is 12.1 Å². The summed E-state index contributed by atoms with van der Waals surface area (Å²) in [4.78, 5) is 97.0. The smallest absolute Gasteiger partial charge is 0.407 e. The summed E-state index contributed by atoms with van der Waals surface area (Å²) in [6.07, 6.45) is 11.0. The number of Topliss-reactive ketones (excluding diaryl/α,β-unsaturated/α-hetero) is 2. The van der Waals surface area contributed by atoms with Crippen molar-refractivity contribution in [2.24, 2.45) is 35.3 Å². The number of nitrogens with zero attached hydrogens (tertiary/aromatic N) is 6. The maximum atomic E-state index is 14.8. The summed E-state index contributed by atoms with van der Waals surface area (Å²) in [5.74, 6) is -7.77. The molecule has 35 heteroatoms. The number of nitrogens with two attached hydrogens (primary N) is 3. The summed E-state index contributed by atoms with van der Waals surface area (Å²) in [5.41, 5.74) is 23.5. The molecule has 6 heterocycles. The highest BCUT2D eigenvalue weighted by Crippen LogP contribution is 2.39. The number of benzene rings is 1. The molecule has 16 atom stereocenters. The van der Waals surface area contributed by atoms with Gasteiger partial charge in [-0.05, 0) is 132 Å². The number of esters is 1. The molecule has 11 N–H and O–H groups in total. The largest absolute Gasteiger partial charge is 0.459 e. The summed E-state index contributed by atoms with van der Waals surface area (Å²) in [6, 6.07) is 3.52. The number of aromatic nitrogens is 5. The first-order valence-electron chi connectivity index (χ1n) is 42.7. The molecule has 3 amide bonds. The van der Waals surface area contributed by atoms with Crippen molar-refractivity contribution in [3.63, 3.8) is 0 Å². The molecular formula is C86H133N11O24. The third kappa shape index (κ3) is 31.1. The molecule has 0 radical (unpaired) electrons. The molecule has 3 aromatic heterocycles. The maximum Gasteiger partial charge on any atom is 0.407 e. The van der Waals surface area contributed by atoms with Crippen LogP contribution in [-0.4, -0.2) is 294 Å². The lowest BCUT2D eigenvalue weighted by molar-refractivity contribution is -0.265. The zero-order valence-electron chi connectivity index (χ0n) is 72.0. The van der Waals surface area contributed by atoms with Gasteiger partial charge in [-0.15, -0.1) is 0 Å². The van der Waals surface area contributed by atoms with Gasteiger partial charge in [-0.2, -0.15) is 10.1 Å². The first kappa shape index (κ1) is 98.6. The number of piperidine rings is 1. The van der Waals surface area contributed by atoms with Crippen LogP contribution in [0.5, 0.6) is 0 Å². The molecule has 0 unspecified atom stereocenters. The normalized spacial score (nSPS) is 27.1. The molecular weight excluding hydrogens is 1570 g/mol. The Labute approximate surface area is 709 Å². The average molecular weight is 1710 g/mol. The molecule has 4 aromatic rings. The Kier molecular flexibility index (Phi) is 42.4. The molecule has 121 heavy (non-hydrogen) atoms. The molecule has 2 bridgehead atoms. The van der Waals surface area contributed by atoms with Crippen LogP contribution < -0.4 is 27.8 Å². The molecule has 0 spiro atoms. The minimum absolute atomic E-state index is 0.0360. The number of rotatable bonds is 40. The lowest BCUT2D eigenvalue weighted by Crippen LogP contribution is -2.61. The molecule has 3 aliphatic heterocycles. The number of ether oxygens (including phenoxy) is 14.